The topological polar surface area (TPSA) is 51.2 Å². The average molecular weight is 244 g/mol. The van der Waals surface area contributed by atoms with Crippen molar-refractivity contribution in [1.82, 2.24) is 0 Å². The highest BCUT2D eigenvalue weighted by atomic mass is 32.2. The fraction of sp³-hybridized carbons (Fsp3) is 0.917. The molecule has 1 unspecified atom stereocenters. The van der Waals surface area contributed by atoms with Crippen LogP contribution in [0.1, 0.15) is 51.4 Å². The first kappa shape index (κ1) is 12.1. The highest BCUT2D eigenvalue weighted by molar-refractivity contribution is 7.92. The van der Waals surface area contributed by atoms with Crippen LogP contribution >= 0.6 is 0 Å². The number of carbonyl (C=O) groups is 1. The molecule has 0 aromatic heterocycles. The summed E-state index contributed by atoms with van der Waals surface area (Å²) >= 11 is 0. The summed E-state index contributed by atoms with van der Waals surface area (Å²) in [5.74, 6) is 0.671. The lowest BCUT2D eigenvalue weighted by Crippen LogP contribution is -2.36. The summed E-state index contributed by atoms with van der Waals surface area (Å²) in [5, 5.41) is -0.665. The number of rotatable bonds is 3. The van der Waals surface area contributed by atoms with E-state index < -0.39 is 15.1 Å². The highest BCUT2D eigenvalue weighted by Gasteiger charge is 2.35. The van der Waals surface area contributed by atoms with Crippen molar-refractivity contribution in [3.8, 4) is 0 Å². The third kappa shape index (κ3) is 2.65. The van der Waals surface area contributed by atoms with Gasteiger partial charge in [0.25, 0.3) is 0 Å². The van der Waals surface area contributed by atoms with Crippen molar-refractivity contribution in [2.75, 3.05) is 5.75 Å². The molecule has 1 atom stereocenters. The van der Waals surface area contributed by atoms with Crippen molar-refractivity contribution in [1.29, 1.82) is 0 Å². The van der Waals surface area contributed by atoms with E-state index in [1.54, 1.807) is 0 Å². The van der Waals surface area contributed by atoms with Gasteiger partial charge in [-0.05, 0) is 18.8 Å². The van der Waals surface area contributed by atoms with Gasteiger partial charge in [0.05, 0.1) is 5.75 Å². The molecule has 16 heavy (non-hydrogen) atoms. The van der Waals surface area contributed by atoms with Crippen molar-refractivity contribution >= 4 is 15.6 Å². The maximum absolute atomic E-state index is 12.0. The zero-order valence-corrected chi connectivity index (χ0v) is 10.5. The van der Waals surface area contributed by atoms with Crippen LogP contribution in [0.3, 0.4) is 0 Å². The molecule has 2 rings (SSSR count). The minimum atomic E-state index is -3.11. The van der Waals surface area contributed by atoms with Gasteiger partial charge in [0.15, 0.2) is 15.6 Å². The number of Topliss-reactive ketones (excluding diaryl/α,β-unsaturated/α-hetero) is 1. The quantitative estimate of drug-likeness (QED) is 0.764. The standard InChI is InChI=1S/C12H20O3S/c13-11(9-10-5-1-2-6-10)12-7-3-4-8-16(12,14)15/h10,12H,1-9H2. The monoisotopic (exact) mass is 244 g/mol. The summed E-state index contributed by atoms with van der Waals surface area (Å²) in [6.45, 7) is 0. The summed E-state index contributed by atoms with van der Waals surface area (Å²) in [7, 11) is -3.11. The molecule has 1 heterocycles. The summed E-state index contributed by atoms with van der Waals surface area (Å²) in [6, 6.07) is 0. The van der Waals surface area contributed by atoms with Crippen LogP contribution in [0.25, 0.3) is 0 Å². The van der Waals surface area contributed by atoms with Gasteiger partial charge in [-0.2, -0.15) is 0 Å². The third-order valence-electron chi connectivity index (χ3n) is 3.90. The smallest absolute Gasteiger partial charge is 0.160 e. The van der Waals surface area contributed by atoms with Crippen molar-refractivity contribution in [2.45, 2.75) is 56.6 Å². The number of hydrogen-bond donors (Lipinski definition) is 0. The normalized spacial score (nSPS) is 30.4. The molecule has 2 fully saturated rings. The van der Waals surface area contributed by atoms with E-state index >= 15 is 0 Å². The lowest BCUT2D eigenvalue weighted by molar-refractivity contribution is -0.119. The maximum atomic E-state index is 12.0. The molecule has 92 valence electrons. The van der Waals surface area contributed by atoms with E-state index in [0.717, 1.165) is 25.7 Å². The predicted octanol–water partition coefficient (Wildman–Crippen LogP) is 2.10. The van der Waals surface area contributed by atoms with Crippen LogP contribution in [0.15, 0.2) is 0 Å². The Hall–Kier alpha value is -0.380. The van der Waals surface area contributed by atoms with Crippen LogP contribution in [0.5, 0.6) is 0 Å². The fourth-order valence-electron chi connectivity index (χ4n) is 2.95. The first-order valence-corrected chi connectivity index (χ1v) is 8.05. The number of hydrogen-bond acceptors (Lipinski definition) is 3. The Labute approximate surface area is 97.5 Å². The van der Waals surface area contributed by atoms with E-state index in [9.17, 15) is 13.2 Å². The Morgan fingerprint density at radius 3 is 2.25 bits per heavy atom. The number of carbonyl (C=O) groups excluding carboxylic acids is 1. The molecule has 1 aliphatic carbocycles. The van der Waals surface area contributed by atoms with E-state index in [1.807, 2.05) is 0 Å². The summed E-state index contributed by atoms with van der Waals surface area (Å²) < 4.78 is 23.6. The fourth-order valence-corrected chi connectivity index (χ4v) is 4.86. The SMILES string of the molecule is O=C(CC1CCCC1)C1CCCCS1(=O)=O. The summed E-state index contributed by atoms with van der Waals surface area (Å²) in [5.41, 5.74) is 0. The van der Waals surface area contributed by atoms with Gasteiger partial charge < -0.3 is 0 Å². The molecular formula is C12H20O3S. The molecule has 1 saturated carbocycles. The van der Waals surface area contributed by atoms with Gasteiger partial charge in [-0.1, -0.05) is 32.1 Å². The molecule has 0 amide bonds. The van der Waals surface area contributed by atoms with E-state index in [4.69, 9.17) is 0 Å². The van der Waals surface area contributed by atoms with Crippen molar-refractivity contribution in [3.63, 3.8) is 0 Å². The van der Waals surface area contributed by atoms with Gasteiger partial charge in [0.1, 0.15) is 5.25 Å². The second-order valence-corrected chi connectivity index (χ2v) is 7.48. The van der Waals surface area contributed by atoms with Gasteiger partial charge in [-0.25, -0.2) is 8.42 Å². The van der Waals surface area contributed by atoms with Crippen LogP contribution in [0.4, 0.5) is 0 Å². The molecule has 0 radical (unpaired) electrons. The third-order valence-corrected chi connectivity index (χ3v) is 6.13. The first-order chi connectivity index (χ1) is 7.59. The minimum Gasteiger partial charge on any atom is -0.298 e. The number of sulfone groups is 1. The van der Waals surface area contributed by atoms with Gasteiger partial charge in [0, 0.05) is 6.42 Å². The molecule has 0 spiro atoms. The Morgan fingerprint density at radius 2 is 1.62 bits per heavy atom. The van der Waals surface area contributed by atoms with Crippen LogP contribution in [-0.4, -0.2) is 25.2 Å². The lowest BCUT2D eigenvalue weighted by atomic mass is 9.97. The maximum Gasteiger partial charge on any atom is 0.160 e. The second kappa shape index (κ2) is 4.86. The first-order valence-electron chi connectivity index (χ1n) is 6.34. The molecule has 0 bridgehead atoms. The van der Waals surface area contributed by atoms with Gasteiger partial charge in [-0.15, -0.1) is 0 Å². The Morgan fingerprint density at radius 1 is 1.00 bits per heavy atom. The van der Waals surface area contributed by atoms with E-state index in [2.05, 4.69) is 0 Å². The molecule has 4 heteroatoms. The lowest BCUT2D eigenvalue weighted by Gasteiger charge is -2.22. The zero-order valence-electron chi connectivity index (χ0n) is 9.65. The van der Waals surface area contributed by atoms with Crippen LogP contribution < -0.4 is 0 Å². The van der Waals surface area contributed by atoms with Gasteiger partial charge in [0.2, 0.25) is 0 Å². The van der Waals surface area contributed by atoms with Gasteiger partial charge in [-0.3, -0.25) is 4.79 Å². The Bertz CT molecular complexity index is 352. The van der Waals surface area contributed by atoms with Gasteiger partial charge >= 0.3 is 0 Å². The minimum absolute atomic E-state index is 0.00778. The van der Waals surface area contributed by atoms with Crippen LogP contribution in [-0.2, 0) is 14.6 Å². The van der Waals surface area contributed by atoms with Crippen molar-refractivity contribution in [3.05, 3.63) is 0 Å². The molecule has 2 aliphatic rings. The highest BCUT2D eigenvalue weighted by Crippen LogP contribution is 2.30. The molecule has 3 nitrogen and oxygen atoms in total. The zero-order chi connectivity index (χ0) is 11.6. The molecule has 0 N–H and O–H groups in total. The summed E-state index contributed by atoms with van der Waals surface area (Å²) in [4.78, 5) is 12.0. The number of ketones is 1. The second-order valence-electron chi connectivity index (χ2n) is 5.17. The molecule has 0 aromatic carbocycles. The van der Waals surface area contributed by atoms with E-state index in [0.29, 0.717) is 18.8 Å². The Balaban J connectivity index is 1.97. The molecule has 1 aliphatic heterocycles. The predicted molar refractivity (Wildman–Crippen MR) is 63.0 cm³/mol. The van der Waals surface area contributed by atoms with E-state index in [1.165, 1.54) is 12.8 Å². The van der Waals surface area contributed by atoms with Crippen LogP contribution in [0.2, 0.25) is 0 Å². The molecule has 0 aromatic rings. The van der Waals surface area contributed by atoms with Crippen molar-refractivity contribution in [2.24, 2.45) is 5.92 Å². The Kier molecular flexibility index (Phi) is 3.67. The average Bonchev–Trinajstić information content (AvgIpc) is 2.69. The molecular weight excluding hydrogens is 224 g/mol. The largest absolute Gasteiger partial charge is 0.298 e. The van der Waals surface area contributed by atoms with Crippen LogP contribution in [0, 0.1) is 5.92 Å². The van der Waals surface area contributed by atoms with E-state index in [-0.39, 0.29) is 11.5 Å². The molecule has 1 saturated heterocycles. The summed E-state index contributed by atoms with van der Waals surface area (Å²) in [6.07, 6.45) is 7.31. The van der Waals surface area contributed by atoms with Crippen molar-refractivity contribution < 1.29 is 13.2 Å².